The number of benzene rings is 2. The van der Waals surface area contributed by atoms with Gasteiger partial charge in [0, 0.05) is 13.1 Å². The van der Waals surface area contributed by atoms with Crippen LogP contribution in [0.3, 0.4) is 0 Å². The molecule has 0 spiro atoms. The second kappa shape index (κ2) is 15.1. The van der Waals surface area contributed by atoms with Crippen LogP contribution in [0, 0.1) is 5.92 Å². The highest BCUT2D eigenvalue weighted by atomic mass is 16.9. The summed E-state index contributed by atoms with van der Waals surface area (Å²) in [6.07, 6.45) is 3.37. The number of fused-ring (bicyclic) bond motifs is 1. The summed E-state index contributed by atoms with van der Waals surface area (Å²) in [5, 5.41) is 13.1. The molecule has 52 heavy (non-hydrogen) atoms. The molecule has 3 atom stereocenters. The third-order valence-corrected chi connectivity index (χ3v) is 9.82. The first-order chi connectivity index (χ1) is 25.2. The standard InChI is InChI=1S/C36H42N8O8/c1-20(2)30(40-36-50-19-51-36)34(47)44-15-4-6-26(44)32-37-17-25(39-32)22-10-8-21(9-11-22)23-12-13-28-24(16-23)31(42-52-28)41-33(46)27-7-5-14-43(27)29(45)18-38-35(48)49-3/h8-13,16-17,20,26-27,30,36,40H,4-7,14-15,18-19H2,1-3H3,(H,37,39)(H,38,48)(H,41,42,46)/t26-,27-,30-/m0/s1. The van der Waals surface area contributed by atoms with Gasteiger partial charge in [-0.15, -0.1) is 0 Å². The number of ether oxygens (including phenoxy) is 3. The molecule has 274 valence electrons. The van der Waals surface area contributed by atoms with Crippen molar-refractivity contribution in [2.45, 2.75) is 64.1 Å². The highest BCUT2D eigenvalue weighted by molar-refractivity contribution is 6.03. The average molecular weight is 715 g/mol. The lowest BCUT2D eigenvalue weighted by atomic mass is 10.0. The topological polar surface area (TPSA) is 193 Å². The monoisotopic (exact) mass is 714 g/mol. The molecule has 0 bridgehead atoms. The fraction of sp³-hybridized carbons (Fsp3) is 0.444. The molecule has 2 aromatic carbocycles. The van der Waals surface area contributed by atoms with Crippen LogP contribution in [-0.2, 0) is 28.6 Å². The van der Waals surface area contributed by atoms with Gasteiger partial charge in [0.1, 0.15) is 18.4 Å². The summed E-state index contributed by atoms with van der Waals surface area (Å²) in [5.41, 5.74) is 4.11. The number of nitrogens with zero attached hydrogens (tertiary/aromatic N) is 4. The molecule has 4 amide bonds. The summed E-state index contributed by atoms with van der Waals surface area (Å²) >= 11 is 0. The Morgan fingerprint density at radius 1 is 0.981 bits per heavy atom. The van der Waals surface area contributed by atoms with Crippen molar-refractivity contribution >= 4 is 40.6 Å². The molecule has 7 rings (SSSR count). The Bertz CT molecular complexity index is 1940. The minimum Gasteiger partial charge on any atom is -0.453 e. The molecule has 16 nitrogen and oxygen atoms in total. The highest BCUT2D eigenvalue weighted by Crippen LogP contribution is 2.34. The predicted molar refractivity (Wildman–Crippen MR) is 187 cm³/mol. The van der Waals surface area contributed by atoms with Crippen molar-refractivity contribution in [2.75, 3.05) is 38.9 Å². The molecule has 4 N–H and O–H groups in total. The normalized spacial score (nSPS) is 19.5. The van der Waals surface area contributed by atoms with Crippen LogP contribution in [0.25, 0.3) is 33.4 Å². The van der Waals surface area contributed by atoms with Gasteiger partial charge in [-0.25, -0.2) is 9.78 Å². The van der Waals surface area contributed by atoms with E-state index in [0.717, 1.165) is 41.1 Å². The van der Waals surface area contributed by atoms with Crippen LogP contribution in [0.2, 0.25) is 0 Å². The van der Waals surface area contributed by atoms with Crippen LogP contribution < -0.4 is 16.0 Å². The Hall–Kier alpha value is -5.32. The van der Waals surface area contributed by atoms with Gasteiger partial charge in [-0.1, -0.05) is 49.3 Å². The zero-order chi connectivity index (χ0) is 36.4. The number of nitrogens with one attached hydrogen (secondary N) is 4. The zero-order valence-electron chi connectivity index (χ0n) is 29.2. The van der Waals surface area contributed by atoms with Gasteiger partial charge < -0.3 is 44.2 Å². The van der Waals surface area contributed by atoms with Gasteiger partial charge in [-0.2, -0.15) is 0 Å². The maximum Gasteiger partial charge on any atom is 0.407 e. The molecule has 3 fully saturated rings. The SMILES string of the molecule is COC(=O)NCC(=O)N1CCC[C@H]1C(=O)Nc1noc2ccc(-c3ccc(-c4cnc([C@@H]5CCCN5C(=O)[C@@H](NC5OCO5)C(C)C)[nH]4)cc3)cc12. The smallest absolute Gasteiger partial charge is 0.407 e. The number of hydrogen-bond acceptors (Lipinski definition) is 11. The number of aromatic nitrogens is 3. The summed E-state index contributed by atoms with van der Waals surface area (Å²) in [6.45, 7) is 5.02. The Balaban J connectivity index is 1.02. The molecule has 0 saturated carbocycles. The highest BCUT2D eigenvalue weighted by Gasteiger charge is 2.39. The van der Waals surface area contributed by atoms with Crippen LogP contribution in [0.5, 0.6) is 0 Å². The third-order valence-electron chi connectivity index (χ3n) is 9.82. The first-order valence-electron chi connectivity index (χ1n) is 17.5. The number of methoxy groups -OCH3 is 1. The van der Waals surface area contributed by atoms with Crippen molar-refractivity contribution in [3.05, 3.63) is 54.5 Å². The van der Waals surface area contributed by atoms with Gasteiger partial charge in [0.15, 0.2) is 18.2 Å². The van der Waals surface area contributed by atoms with Crippen molar-refractivity contribution < 1.29 is 37.9 Å². The van der Waals surface area contributed by atoms with E-state index >= 15 is 0 Å². The number of aromatic amines is 1. The fourth-order valence-corrected chi connectivity index (χ4v) is 6.98. The molecule has 3 aliphatic heterocycles. The second-order valence-corrected chi connectivity index (χ2v) is 13.4. The maximum absolute atomic E-state index is 13.6. The molecular formula is C36H42N8O8. The zero-order valence-corrected chi connectivity index (χ0v) is 29.2. The van der Waals surface area contributed by atoms with E-state index < -0.39 is 24.6 Å². The van der Waals surface area contributed by atoms with E-state index in [1.54, 1.807) is 12.3 Å². The number of anilines is 1. The van der Waals surface area contributed by atoms with Gasteiger partial charge in [-0.05, 0) is 60.4 Å². The van der Waals surface area contributed by atoms with Crippen LogP contribution in [0.4, 0.5) is 10.6 Å². The van der Waals surface area contributed by atoms with E-state index in [1.165, 1.54) is 12.0 Å². The molecule has 5 heterocycles. The molecule has 0 unspecified atom stereocenters. The molecule has 3 aliphatic rings. The van der Waals surface area contributed by atoms with Gasteiger partial charge >= 0.3 is 6.09 Å². The molecule has 3 saturated heterocycles. The summed E-state index contributed by atoms with van der Waals surface area (Å²) in [5.74, 6) is 0.305. The number of imidazole rings is 1. The summed E-state index contributed by atoms with van der Waals surface area (Å²) in [7, 11) is 1.21. The lowest BCUT2D eigenvalue weighted by Crippen LogP contribution is -2.56. The van der Waals surface area contributed by atoms with Crippen LogP contribution in [-0.4, -0.2) is 101 Å². The summed E-state index contributed by atoms with van der Waals surface area (Å²) in [6, 6.07) is 12.3. The van der Waals surface area contributed by atoms with Gasteiger partial charge in [0.25, 0.3) is 0 Å². The Labute approximate surface area is 299 Å². The molecular weight excluding hydrogens is 672 g/mol. The number of amides is 4. The number of carbonyl (C=O) groups excluding carboxylic acids is 4. The van der Waals surface area contributed by atoms with E-state index in [9.17, 15) is 19.2 Å². The lowest BCUT2D eigenvalue weighted by molar-refractivity contribution is -0.335. The van der Waals surface area contributed by atoms with E-state index in [0.29, 0.717) is 36.9 Å². The fourth-order valence-electron chi connectivity index (χ4n) is 6.98. The Kier molecular flexibility index (Phi) is 10.2. The second-order valence-electron chi connectivity index (χ2n) is 13.4. The lowest BCUT2D eigenvalue weighted by Gasteiger charge is -2.35. The minimum absolute atomic E-state index is 0.00652. The van der Waals surface area contributed by atoms with Gasteiger partial charge in [-0.3, -0.25) is 19.7 Å². The molecule has 0 aliphatic carbocycles. The molecule has 16 heteroatoms. The number of hydrogen-bond donors (Lipinski definition) is 4. The van der Waals surface area contributed by atoms with E-state index in [-0.39, 0.29) is 48.8 Å². The van der Waals surface area contributed by atoms with Crippen molar-refractivity contribution in [3.63, 3.8) is 0 Å². The molecule has 0 radical (unpaired) electrons. The number of H-pyrrole nitrogens is 1. The van der Waals surface area contributed by atoms with Crippen molar-refractivity contribution in [1.82, 2.24) is 35.6 Å². The number of alkyl carbamates (subject to hydrolysis) is 1. The molecule has 2 aromatic heterocycles. The average Bonchev–Trinajstić information content (AvgIpc) is 3.96. The number of likely N-dealkylation sites (tertiary alicyclic amines) is 2. The summed E-state index contributed by atoms with van der Waals surface area (Å²) in [4.78, 5) is 62.5. The third kappa shape index (κ3) is 7.22. The first kappa shape index (κ1) is 35.1. The van der Waals surface area contributed by atoms with E-state index in [2.05, 4.69) is 35.8 Å². The van der Waals surface area contributed by atoms with Gasteiger partial charge in [0.05, 0.1) is 36.5 Å². The van der Waals surface area contributed by atoms with Crippen molar-refractivity contribution in [1.29, 1.82) is 0 Å². The van der Waals surface area contributed by atoms with Crippen LogP contribution >= 0.6 is 0 Å². The van der Waals surface area contributed by atoms with Gasteiger partial charge in [0.2, 0.25) is 24.1 Å². The van der Waals surface area contributed by atoms with Crippen molar-refractivity contribution in [3.8, 4) is 22.4 Å². The van der Waals surface area contributed by atoms with E-state index in [4.69, 9.17) is 14.0 Å². The quantitative estimate of drug-likeness (QED) is 0.177. The van der Waals surface area contributed by atoms with E-state index in [1.807, 2.05) is 55.1 Å². The first-order valence-corrected chi connectivity index (χ1v) is 17.5. The van der Waals surface area contributed by atoms with Crippen molar-refractivity contribution in [2.24, 2.45) is 5.92 Å². The largest absolute Gasteiger partial charge is 0.453 e. The number of rotatable bonds is 11. The predicted octanol–water partition coefficient (Wildman–Crippen LogP) is 3.74. The maximum atomic E-state index is 13.6. The van der Waals surface area contributed by atoms with Crippen LogP contribution in [0.1, 0.15) is 51.4 Å². The Morgan fingerprint density at radius 3 is 2.44 bits per heavy atom. The summed E-state index contributed by atoms with van der Waals surface area (Å²) < 4.78 is 20.7. The number of carbonyl (C=O) groups is 4. The Morgan fingerprint density at radius 2 is 1.71 bits per heavy atom. The molecule has 4 aromatic rings. The van der Waals surface area contributed by atoms with Crippen LogP contribution in [0.15, 0.2) is 53.2 Å². The minimum atomic E-state index is -0.718.